The highest BCUT2D eigenvalue weighted by Crippen LogP contribution is 2.41. The molecule has 23 nitrogen and oxygen atoms in total. The van der Waals surface area contributed by atoms with Crippen LogP contribution < -0.4 is 29.0 Å². The van der Waals surface area contributed by atoms with E-state index in [9.17, 15) is 24.0 Å². The minimum absolute atomic E-state index is 0.0107. The van der Waals surface area contributed by atoms with Crippen molar-refractivity contribution in [2.75, 3.05) is 132 Å². The van der Waals surface area contributed by atoms with Crippen molar-refractivity contribution in [1.29, 1.82) is 0 Å². The van der Waals surface area contributed by atoms with E-state index in [1.165, 1.54) is 37.1 Å². The van der Waals surface area contributed by atoms with E-state index < -0.39 is 5.97 Å². The Bertz CT molecular complexity index is 2850. The molecule has 0 bridgehead atoms. The van der Waals surface area contributed by atoms with Gasteiger partial charge in [0.2, 0.25) is 11.8 Å². The van der Waals surface area contributed by atoms with Crippen LogP contribution in [-0.4, -0.2) is 220 Å². The second-order valence-corrected chi connectivity index (χ2v) is 23.5. The molecular formula is C62H82N8O15S. The van der Waals surface area contributed by atoms with Crippen LogP contribution in [0.1, 0.15) is 91.9 Å². The lowest BCUT2D eigenvalue weighted by Gasteiger charge is -2.35. The van der Waals surface area contributed by atoms with E-state index >= 15 is 0 Å². The molecule has 3 fully saturated rings. The molecule has 5 aliphatic rings. The second-order valence-electron chi connectivity index (χ2n) is 21.8. The monoisotopic (exact) mass is 1210 g/mol. The molecule has 86 heavy (non-hydrogen) atoms. The van der Waals surface area contributed by atoms with Gasteiger partial charge in [-0.2, -0.15) is 0 Å². The standard InChI is InChI=1S/C62H82N8O15S/c1-7-42-27-46-35-64-51-33-55(53(77-5)31-49(51)60(75)69(46)37-42)84-39-44-29-48(30-45(66-44)40-85-56-34-52-50(32-54(56)78-6)61(76)70-38-43(8-2)28-47(70)36-65-52)83-20-17-67-13-15-68(16-14-67)58(72)9-11-62(3,4)86-41-57(71)63-12-19-80-22-24-82-26-25-81-23-21-79-18-10-59(73)74/h7-8,29-36,46-47H,9-28,37-41H2,1-6H3,(H,63,71)(H,73,74)/b42-7+,43-8+/t46-,47-/m0/s1. The van der Waals surface area contributed by atoms with Crippen LogP contribution in [0.5, 0.6) is 28.7 Å². The van der Waals surface area contributed by atoms with Gasteiger partial charge >= 0.3 is 5.97 Å². The molecule has 0 unspecified atom stereocenters. The van der Waals surface area contributed by atoms with E-state index in [4.69, 9.17) is 62.7 Å². The second kappa shape index (κ2) is 32.1. The van der Waals surface area contributed by atoms with Crippen molar-refractivity contribution >= 4 is 65.2 Å². The summed E-state index contributed by atoms with van der Waals surface area (Å²) in [6, 6.07) is 10.2. The third kappa shape index (κ3) is 18.5. The van der Waals surface area contributed by atoms with Crippen LogP contribution in [0.2, 0.25) is 0 Å². The van der Waals surface area contributed by atoms with Gasteiger partial charge in [-0.05, 0) is 45.2 Å². The van der Waals surface area contributed by atoms with Crippen LogP contribution >= 0.6 is 11.8 Å². The van der Waals surface area contributed by atoms with Crippen LogP contribution in [-0.2, 0) is 46.5 Å². The van der Waals surface area contributed by atoms with Gasteiger partial charge in [0.15, 0.2) is 23.0 Å². The van der Waals surface area contributed by atoms with Gasteiger partial charge in [0, 0.05) is 100 Å². The number of carboxylic acids is 1. The Hall–Kier alpha value is -7.09. The first-order valence-electron chi connectivity index (χ1n) is 29.4. The number of nitrogens with one attached hydrogen (secondary N) is 1. The number of carboxylic acid groups (broad SMARTS) is 1. The maximum atomic E-state index is 13.8. The Morgan fingerprint density at radius 2 is 1.17 bits per heavy atom. The van der Waals surface area contributed by atoms with Gasteiger partial charge in [0.1, 0.15) is 25.6 Å². The lowest BCUT2D eigenvalue weighted by Crippen LogP contribution is -2.49. The molecule has 5 aliphatic heterocycles. The van der Waals surface area contributed by atoms with Crippen molar-refractivity contribution in [3.8, 4) is 28.7 Å². The SMILES string of the molecule is C/C=C1\C[C@H]2C=Nc3cc(OCc4cc(OCCN5CCN(C(=O)CCC(C)(C)SCC(=O)NCCOCCOCCOCCOCCC(=O)O)CC5)cc(COc5cc6c(cc5OC)C(=O)N5C/C(=C/C)C[C@H]5C=N6)n4)c(OC)cc3C(=O)N2C1. The molecule has 6 heterocycles. The van der Waals surface area contributed by atoms with Crippen LogP contribution in [0.15, 0.2) is 69.7 Å². The molecule has 0 radical (unpaired) electrons. The number of aliphatic imine (C=N–C) groups is 2. The van der Waals surface area contributed by atoms with Crippen molar-refractivity contribution < 1.29 is 71.7 Å². The Kier molecular flexibility index (Phi) is 24.2. The summed E-state index contributed by atoms with van der Waals surface area (Å²) in [5.41, 5.74) is 5.31. The predicted octanol–water partition coefficient (Wildman–Crippen LogP) is 6.48. The Labute approximate surface area is 507 Å². The van der Waals surface area contributed by atoms with E-state index in [0.29, 0.717) is 181 Å². The third-order valence-electron chi connectivity index (χ3n) is 15.4. The number of thioether (sulfide) groups is 1. The van der Waals surface area contributed by atoms with Crippen molar-refractivity contribution in [2.45, 2.75) is 89.8 Å². The molecule has 8 rings (SSSR count). The van der Waals surface area contributed by atoms with Gasteiger partial charge in [-0.15, -0.1) is 11.8 Å². The number of amides is 4. The highest BCUT2D eigenvalue weighted by molar-refractivity contribution is 8.01. The van der Waals surface area contributed by atoms with Crippen LogP contribution in [0.4, 0.5) is 11.4 Å². The quantitative estimate of drug-likeness (QED) is 0.0489. The van der Waals surface area contributed by atoms with Crippen LogP contribution in [0.25, 0.3) is 0 Å². The first-order valence-corrected chi connectivity index (χ1v) is 30.4. The Morgan fingerprint density at radius 3 is 1.67 bits per heavy atom. The zero-order chi connectivity index (χ0) is 61.0. The predicted molar refractivity (Wildman–Crippen MR) is 324 cm³/mol. The fraction of sp³-hybridized carbons (Fsp3) is 0.548. The van der Waals surface area contributed by atoms with Crippen LogP contribution in [0, 0.1) is 0 Å². The number of allylic oxidation sites excluding steroid dienone is 2. The molecule has 0 aliphatic carbocycles. The van der Waals surface area contributed by atoms with Crippen molar-refractivity contribution in [3.63, 3.8) is 0 Å². The number of benzene rings is 2. The average Bonchev–Trinajstić information content (AvgIpc) is 4.12. The minimum atomic E-state index is -0.898. The number of hydrogen-bond donors (Lipinski definition) is 2. The summed E-state index contributed by atoms with van der Waals surface area (Å²) in [6.07, 6.45) is 10.2. The number of pyridine rings is 1. The molecule has 2 atom stereocenters. The van der Waals surface area contributed by atoms with E-state index in [-0.39, 0.29) is 72.5 Å². The maximum Gasteiger partial charge on any atom is 0.305 e. The number of fused-ring (bicyclic) bond motifs is 4. The number of aliphatic carboxylic acids is 1. The zero-order valence-corrected chi connectivity index (χ0v) is 51.1. The van der Waals surface area contributed by atoms with Gasteiger partial charge in [-0.1, -0.05) is 37.1 Å². The molecule has 0 spiro atoms. The number of piperazine rings is 1. The summed E-state index contributed by atoms with van der Waals surface area (Å²) in [6.45, 7) is 15.8. The first-order chi connectivity index (χ1) is 41.6. The molecule has 24 heteroatoms. The lowest BCUT2D eigenvalue weighted by atomic mass is 10.1. The number of carbonyl (C=O) groups is 5. The maximum absolute atomic E-state index is 13.8. The molecule has 3 aromatic rings. The molecule has 466 valence electrons. The minimum Gasteiger partial charge on any atom is -0.493 e. The number of carbonyl (C=O) groups excluding carboxylic acids is 4. The third-order valence-corrected chi connectivity index (χ3v) is 16.8. The Balaban J connectivity index is 0.801. The number of methoxy groups -OCH3 is 2. The number of ether oxygens (including phenoxy) is 9. The van der Waals surface area contributed by atoms with E-state index in [1.54, 1.807) is 24.3 Å². The first kappa shape index (κ1) is 64.9. The topological polar surface area (TPSA) is 251 Å². The van der Waals surface area contributed by atoms with Gasteiger partial charge in [0.25, 0.3) is 11.8 Å². The molecule has 4 amide bonds. The number of rotatable bonds is 33. The molecule has 1 aromatic heterocycles. The molecule has 2 aromatic carbocycles. The zero-order valence-electron chi connectivity index (χ0n) is 50.3. The highest BCUT2D eigenvalue weighted by atomic mass is 32.2. The summed E-state index contributed by atoms with van der Waals surface area (Å²) >= 11 is 1.52. The highest BCUT2D eigenvalue weighted by Gasteiger charge is 2.36. The smallest absolute Gasteiger partial charge is 0.305 e. The Morgan fingerprint density at radius 1 is 0.663 bits per heavy atom. The van der Waals surface area contributed by atoms with Crippen molar-refractivity contribution in [3.05, 3.63) is 82.2 Å². The van der Waals surface area contributed by atoms with Gasteiger partial charge in [0.05, 0.1) is 125 Å². The van der Waals surface area contributed by atoms with Gasteiger partial charge in [-0.25, -0.2) is 0 Å². The van der Waals surface area contributed by atoms with Gasteiger partial charge in [-0.3, -0.25) is 43.8 Å². The average molecular weight is 1210 g/mol. The number of aromatic nitrogens is 1. The van der Waals surface area contributed by atoms with Gasteiger partial charge < -0.3 is 67.8 Å². The largest absolute Gasteiger partial charge is 0.493 e. The van der Waals surface area contributed by atoms with E-state index in [1.807, 2.05) is 53.1 Å². The summed E-state index contributed by atoms with van der Waals surface area (Å²) in [5, 5.41) is 11.5. The molecule has 2 N–H and O–H groups in total. The lowest BCUT2D eigenvalue weighted by molar-refractivity contribution is -0.138. The van der Waals surface area contributed by atoms with Crippen LogP contribution in [0.3, 0.4) is 0 Å². The van der Waals surface area contributed by atoms with E-state index in [0.717, 1.165) is 12.8 Å². The summed E-state index contributed by atoms with van der Waals surface area (Å²) < 4.78 is 52.1. The summed E-state index contributed by atoms with van der Waals surface area (Å²) in [7, 11) is 3.06. The van der Waals surface area contributed by atoms with Crippen molar-refractivity contribution in [1.82, 2.24) is 29.9 Å². The van der Waals surface area contributed by atoms with Crippen molar-refractivity contribution in [2.24, 2.45) is 9.98 Å². The summed E-state index contributed by atoms with van der Waals surface area (Å²) in [5.74, 6) is 1.21. The van der Waals surface area contributed by atoms with E-state index in [2.05, 4.69) is 36.2 Å². The fourth-order valence-corrected chi connectivity index (χ4v) is 11.2. The molecular weight excluding hydrogens is 1130 g/mol. The number of nitrogens with zero attached hydrogens (tertiary/aromatic N) is 7. The summed E-state index contributed by atoms with van der Waals surface area (Å²) in [4.78, 5) is 86.4. The normalized spacial score (nSPS) is 18.4. The number of hydrogen-bond acceptors (Lipinski definition) is 19. The molecule has 3 saturated heterocycles. The fourth-order valence-electron chi connectivity index (χ4n) is 10.3. The molecule has 0 saturated carbocycles.